The second-order valence-corrected chi connectivity index (χ2v) is 9.87. The van der Waals surface area contributed by atoms with Crippen LogP contribution < -0.4 is 26.2 Å². The van der Waals surface area contributed by atoms with Gasteiger partial charge in [0.05, 0.1) is 16.8 Å². The largest absolute Gasteiger partial charge is 0.547 e. The van der Waals surface area contributed by atoms with Crippen molar-refractivity contribution < 1.29 is 43.5 Å². The number of nitrogens with zero attached hydrogens (tertiary/aromatic N) is 1. The fourth-order valence-electron chi connectivity index (χ4n) is 3.87. The Labute approximate surface area is 214 Å². The fourth-order valence-corrected chi connectivity index (χ4v) is 4.41. The van der Waals surface area contributed by atoms with E-state index in [1.54, 1.807) is 6.07 Å². The molecule has 4 rings (SSSR count). The van der Waals surface area contributed by atoms with Gasteiger partial charge in [-0.3, -0.25) is 18.9 Å². The van der Waals surface area contributed by atoms with Gasteiger partial charge in [0.15, 0.2) is 0 Å². The van der Waals surface area contributed by atoms with Gasteiger partial charge in [0.2, 0.25) is 5.91 Å². The highest BCUT2D eigenvalue weighted by atomic mass is 31.2. The molecule has 0 fully saturated rings. The summed E-state index contributed by atoms with van der Waals surface area (Å²) in [7, 11) is -6.22. The van der Waals surface area contributed by atoms with E-state index in [2.05, 4.69) is 20.8 Å². The van der Waals surface area contributed by atoms with Crippen molar-refractivity contribution >= 4 is 37.8 Å². The first-order valence-electron chi connectivity index (χ1n) is 11.0. The van der Waals surface area contributed by atoms with Gasteiger partial charge in [0.25, 0.3) is 11.5 Å². The summed E-state index contributed by atoms with van der Waals surface area (Å²) in [6, 6.07) is 8.64. The molecule has 2 heterocycles. The van der Waals surface area contributed by atoms with E-state index in [4.69, 9.17) is 4.65 Å². The summed E-state index contributed by atoms with van der Waals surface area (Å²) in [5, 5.41) is 30.1. The van der Waals surface area contributed by atoms with Crippen LogP contribution in [0.1, 0.15) is 37.9 Å². The molecule has 0 radical (unpaired) electrons. The zero-order chi connectivity index (χ0) is 27.6. The number of carbonyl (C=O) groups is 3. The van der Waals surface area contributed by atoms with Gasteiger partial charge >= 0.3 is 20.7 Å². The second-order valence-electron chi connectivity index (χ2n) is 8.27. The highest BCUT2D eigenvalue weighted by Crippen LogP contribution is 2.33. The Bertz CT molecular complexity index is 1510. The number of benzene rings is 2. The van der Waals surface area contributed by atoms with Crippen LogP contribution in [0.15, 0.2) is 59.5 Å². The van der Waals surface area contributed by atoms with Gasteiger partial charge in [0, 0.05) is 6.20 Å². The number of carbonyl (C=O) groups excluding carboxylic acids is 2. The molecule has 196 valence electrons. The third-order valence-corrected chi connectivity index (χ3v) is 6.72. The molecule has 14 nitrogen and oxygen atoms in total. The van der Waals surface area contributed by atoms with Crippen molar-refractivity contribution in [3.63, 3.8) is 0 Å². The van der Waals surface area contributed by atoms with Crippen LogP contribution in [-0.4, -0.2) is 61.0 Å². The van der Waals surface area contributed by atoms with Crippen LogP contribution in [0.25, 0.3) is 0 Å². The number of aromatic nitrogens is 2. The van der Waals surface area contributed by atoms with Crippen molar-refractivity contribution in [3.05, 3.63) is 87.3 Å². The summed E-state index contributed by atoms with van der Waals surface area (Å²) in [6.45, 7) is 0. The summed E-state index contributed by atoms with van der Waals surface area (Å²) < 4.78 is 16.9. The molecule has 1 aliphatic rings. The van der Waals surface area contributed by atoms with Crippen molar-refractivity contribution in [3.8, 4) is 5.75 Å². The number of para-hydroxylation sites is 1. The zero-order valence-electron chi connectivity index (χ0n) is 19.3. The molecular formula is C22H20BN4O10P. The number of carboxylic acid groups (broad SMARTS) is 1. The van der Waals surface area contributed by atoms with Crippen LogP contribution in [0.4, 0.5) is 0 Å². The zero-order valence-corrected chi connectivity index (χ0v) is 20.2. The number of rotatable bonds is 7. The van der Waals surface area contributed by atoms with E-state index < -0.39 is 50.0 Å². The average Bonchev–Trinajstić information content (AvgIpc) is 2.87. The Morgan fingerprint density at radius 2 is 1.82 bits per heavy atom. The summed E-state index contributed by atoms with van der Waals surface area (Å²) >= 11 is 0. The van der Waals surface area contributed by atoms with Gasteiger partial charge in [-0.2, -0.15) is 5.10 Å². The van der Waals surface area contributed by atoms with Crippen LogP contribution in [0.3, 0.4) is 0 Å². The van der Waals surface area contributed by atoms with E-state index in [1.165, 1.54) is 30.5 Å². The highest BCUT2D eigenvalue weighted by Gasteiger charge is 2.39. The maximum absolute atomic E-state index is 13.3. The minimum Gasteiger partial charge on any atom is -0.534 e. The minimum absolute atomic E-state index is 0.00874. The van der Waals surface area contributed by atoms with Crippen LogP contribution in [0, 0.1) is 0 Å². The number of aromatic amines is 1. The molecule has 1 aliphatic heterocycles. The van der Waals surface area contributed by atoms with E-state index in [1.807, 2.05) is 0 Å². The van der Waals surface area contributed by atoms with Crippen molar-refractivity contribution in [2.24, 2.45) is 0 Å². The molecular weight excluding hydrogens is 522 g/mol. The van der Waals surface area contributed by atoms with Gasteiger partial charge in [-0.15, -0.1) is 0 Å². The maximum Gasteiger partial charge on any atom is 0.547 e. The number of carboxylic acids is 1. The molecule has 2 atom stereocenters. The molecule has 0 saturated carbocycles. The number of nitrogens with one attached hydrogen (secondary N) is 3. The number of H-pyrrole nitrogens is 1. The van der Waals surface area contributed by atoms with Crippen molar-refractivity contribution in [2.45, 2.75) is 18.4 Å². The second kappa shape index (κ2) is 10.6. The first-order valence-corrected chi connectivity index (χ1v) is 12.6. The van der Waals surface area contributed by atoms with E-state index in [0.717, 1.165) is 18.2 Å². The van der Waals surface area contributed by atoms with Crippen molar-refractivity contribution in [1.29, 1.82) is 0 Å². The van der Waals surface area contributed by atoms with Gasteiger partial charge < -0.3 is 35.2 Å². The number of hydrogen-bond donors (Lipinski definition) is 7. The summed E-state index contributed by atoms with van der Waals surface area (Å²) in [6.07, 6.45) is 1.16. The Morgan fingerprint density at radius 1 is 1.11 bits per heavy atom. The Hall–Kier alpha value is -4.30. The van der Waals surface area contributed by atoms with Crippen LogP contribution in [0.2, 0.25) is 0 Å². The predicted octanol–water partition coefficient (Wildman–Crippen LogP) is -1.12. The molecule has 0 aliphatic carbocycles. The van der Waals surface area contributed by atoms with Gasteiger partial charge in [0.1, 0.15) is 17.4 Å². The number of fused-ring (bicyclic) bond motifs is 1. The molecule has 2 amide bonds. The Balaban J connectivity index is 1.62. The Kier molecular flexibility index (Phi) is 7.46. The molecule has 2 unspecified atom stereocenters. The summed E-state index contributed by atoms with van der Waals surface area (Å²) in [5.41, 5.74) is -0.804. The molecule has 3 aromatic rings. The SMILES string of the molecule is O=C(O)c1cccc2c1OB(O)C(NC(=O)C(NC(=O)c1ccn[nH]c1=O)c1ccc(P(=O)(O)O)cc1)C2. The molecule has 38 heavy (non-hydrogen) atoms. The van der Waals surface area contributed by atoms with E-state index >= 15 is 0 Å². The normalized spacial score (nSPS) is 15.6. The van der Waals surface area contributed by atoms with Crippen LogP contribution in [0.5, 0.6) is 5.75 Å². The van der Waals surface area contributed by atoms with Gasteiger partial charge in [-0.1, -0.05) is 24.3 Å². The standard InChI is InChI=1S/C22H20BN4O10P/c28-19(15-8-9-24-27-20(15)29)26-17(11-4-6-13(7-5-11)38(34,35)36)21(30)25-16-10-12-2-1-3-14(22(31)32)18(12)37-23(16)33/h1-9,16-17,33H,10H2,(H,25,30)(H,26,28)(H,27,29)(H,31,32)(H2,34,35,36). The number of aromatic carboxylic acids is 1. The van der Waals surface area contributed by atoms with Gasteiger partial charge in [-0.05, 0) is 41.8 Å². The first kappa shape index (κ1) is 26.8. The van der Waals surface area contributed by atoms with Crippen molar-refractivity contribution in [1.82, 2.24) is 20.8 Å². The first-order chi connectivity index (χ1) is 18.0. The van der Waals surface area contributed by atoms with E-state index in [9.17, 15) is 43.7 Å². The lowest BCUT2D eigenvalue weighted by molar-refractivity contribution is -0.123. The molecule has 2 aromatic carbocycles. The lowest BCUT2D eigenvalue weighted by Crippen LogP contribution is -2.55. The highest BCUT2D eigenvalue weighted by molar-refractivity contribution is 7.60. The number of amides is 2. The predicted molar refractivity (Wildman–Crippen MR) is 131 cm³/mol. The maximum atomic E-state index is 13.3. The third-order valence-electron chi connectivity index (χ3n) is 5.75. The van der Waals surface area contributed by atoms with Crippen molar-refractivity contribution in [2.75, 3.05) is 0 Å². The summed E-state index contributed by atoms with van der Waals surface area (Å²) in [4.78, 5) is 68.4. The smallest absolute Gasteiger partial charge is 0.534 e. The van der Waals surface area contributed by atoms with Crippen LogP contribution in [-0.2, 0) is 15.8 Å². The minimum atomic E-state index is -4.58. The lowest BCUT2D eigenvalue weighted by atomic mass is 9.72. The third kappa shape index (κ3) is 5.65. The molecule has 0 spiro atoms. The van der Waals surface area contributed by atoms with Gasteiger partial charge in [-0.25, -0.2) is 9.89 Å². The quantitative estimate of drug-likeness (QED) is 0.140. The lowest BCUT2D eigenvalue weighted by Gasteiger charge is -2.30. The fraction of sp³-hybridized carbons (Fsp3) is 0.136. The molecule has 1 aromatic heterocycles. The Morgan fingerprint density at radius 3 is 2.45 bits per heavy atom. The molecule has 16 heteroatoms. The van der Waals surface area contributed by atoms with Crippen LogP contribution >= 0.6 is 7.60 Å². The summed E-state index contributed by atoms with van der Waals surface area (Å²) in [5.74, 6) is -4.14. The average molecular weight is 542 g/mol. The topological polar surface area (TPSA) is 228 Å². The molecule has 7 N–H and O–H groups in total. The molecule has 0 saturated heterocycles. The van der Waals surface area contributed by atoms with E-state index in [0.29, 0.717) is 5.56 Å². The van der Waals surface area contributed by atoms with E-state index in [-0.39, 0.29) is 34.2 Å². The molecule has 0 bridgehead atoms. The number of hydrogen-bond acceptors (Lipinski definition) is 8. The monoisotopic (exact) mass is 542 g/mol.